The van der Waals surface area contributed by atoms with Crippen LogP contribution in [-0.4, -0.2) is 65.1 Å². The number of hydrogen-bond donors (Lipinski definition) is 5. The molecule has 0 radical (unpaired) electrons. The van der Waals surface area contributed by atoms with Crippen molar-refractivity contribution in [2.24, 2.45) is 5.92 Å². The summed E-state index contributed by atoms with van der Waals surface area (Å²) in [6.07, 6.45) is 5.37. The van der Waals surface area contributed by atoms with Crippen LogP contribution in [0.4, 0.5) is 0 Å². The van der Waals surface area contributed by atoms with Crippen LogP contribution in [0.1, 0.15) is 64.9 Å². The molecule has 1 aromatic carbocycles. The first-order valence-corrected chi connectivity index (χ1v) is 12.4. The van der Waals surface area contributed by atoms with Crippen LogP contribution in [0.15, 0.2) is 18.2 Å². The highest BCUT2D eigenvalue weighted by Crippen LogP contribution is 2.29. The van der Waals surface area contributed by atoms with E-state index in [0.717, 1.165) is 25.7 Å². The Morgan fingerprint density at radius 1 is 1.14 bits per heavy atom. The number of nitrogens with one attached hydrogen (secondary N) is 3. The van der Waals surface area contributed by atoms with Crippen molar-refractivity contribution in [3.63, 3.8) is 0 Å². The molecule has 0 spiro atoms. The molecule has 5 N–H and O–H groups in total. The van der Waals surface area contributed by atoms with E-state index >= 15 is 0 Å². The smallest absolute Gasteiger partial charge is 0.243 e. The Balaban J connectivity index is 2.13. The number of phenolic OH excluding ortho intramolecular Hbond substituents is 1. The largest absolute Gasteiger partial charge is 0.504 e. The molecule has 1 fully saturated rings. The summed E-state index contributed by atoms with van der Waals surface area (Å²) in [5.74, 6) is -1.12. The number of aldehydes is 1. The highest BCUT2D eigenvalue weighted by atomic mass is 16.5. The van der Waals surface area contributed by atoms with Gasteiger partial charge in [0, 0.05) is 6.42 Å². The van der Waals surface area contributed by atoms with E-state index in [4.69, 9.17) is 4.74 Å². The zero-order valence-electron chi connectivity index (χ0n) is 21.5. The molecule has 36 heavy (non-hydrogen) atoms. The molecule has 1 aliphatic rings. The summed E-state index contributed by atoms with van der Waals surface area (Å²) < 4.78 is 5.05. The lowest BCUT2D eigenvalue weighted by Crippen LogP contribution is -2.55. The van der Waals surface area contributed by atoms with Gasteiger partial charge in [0.25, 0.3) is 0 Å². The van der Waals surface area contributed by atoms with Crippen LogP contribution in [0.2, 0.25) is 0 Å². The first-order chi connectivity index (χ1) is 16.9. The van der Waals surface area contributed by atoms with Gasteiger partial charge in [-0.3, -0.25) is 14.4 Å². The molecule has 3 atom stereocenters. The minimum absolute atomic E-state index is 0.0362. The number of rotatable bonds is 13. The second kappa shape index (κ2) is 13.2. The first-order valence-electron chi connectivity index (χ1n) is 12.4. The number of methoxy groups -OCH3 is 1. The number of phenols is 1. The van der Waals surface area contributed by atoms with Crippen molar-refractivity contribution >= 4 is 24.0 Å². The van der Waals surface area contributed by atoms with Gasteiger partial charge in [-0.15, -0.1) is 0 Å². The van der Waals surface area contributed by atoms with E-state index in [1.807, 2.05) is 0 Å². The summed E-state index contributed by atoms with van der Waals surface area (Å²) in [6.45, 7) is 4.44. The molecule has 0 aliphatic heterocycles. The number of amides is 3. The lowest BCUT2D eigenvalue weighted by Gasteiger charge is -2.24. The van der Waals surface area contributed by atoms with Gasteiger partial charge in [-0.1, -0.05) is 31.7 Å². The minimum Gasteiger partial charge on any atom is -0.504 e. The van der Waals surface area contributed by atoms with Gasteiger partial charge >= 0.3 is 0 Å². The van der Waals surface area contributed by atoms with E-state index in [1.165, 1.54) is 33.9 Å². The van der Waals surface area contributed by atoms with Gasteiger partial charge in [0.05, 0.1) is 25.2 Å². The van der Waals surface area contributed by atoms with Crippen molar-refractivity contribution in [3.8, 4) is 11.5 Å². The van der Waals surface area contributed by atoms with Crippen LogP contribution in [0.3, 0.4) is 0 Å². The molecule has 1 aliphatic carbocycles. The Labute approximate surface area is 212 Å². The number of aliphatic hydroxyl groups is 1. The number of benzene rings is 1. The van der Waals surface area contributed by atoms with E-state index in [1.54, 1.807) is 12.1 Å². The van der Waals surface area contributed by atoms with Gasteiger partial charge < -0.3 is 35.7 Å². The molecule has 1 aromatic rings. The molecule has 2 unspecified atom stereocenters. The molecule has 0 saturated heterocycles. The maximum atomic E-state index is 13.2. The second-order valence-electron chi connectivity index (χ2n) is 10.2. The monoisotopic (exact) mass is 505 g/mol. The first kappa shape index (κ1) is 29.1. The van der Waals surface area contributed by atoms with Crippen LogP contribution in [0, 0.1) is 5.92 Å². The standard InChI is InChI=1S/C26H39N3O7/c1-16(27-23(32)14-26(2,3)35)24(33)29-20(12-18-9-10-22(36-4)21(31)13-18)25(34)28-19(15-30)11-17-7-5-6-8-17/h9-10,13,15-17,19-20,31,35H,5-8,11-12,14H2,1-4H3,(H,27,32)(H,28,34)(H,29,33)/t16?,19-,20?/m0/s1. The van der Waals surface area contributed by atoms with Gasteiger partial charge in [0.15, 0.2) is 11.5 Å². The Bertz CT molecular complexity index is 923. The van der Waals surface area contributed by atoms with Crippen molar-refractivity contribution in [1.82, 2.24) is 16.0 Å². The van der Waals surface area contributed by atoms with Crippen molar-refractivity contribution < 1.29 is 34.1 Å². The molecule has 0 heterocycles. The SMILES string of the molecule is COc1ccc(CC(NC(=O)C(C)NC(=O)CC(C)(C)O)C(=O)N[C@H](C=O)CC2CCCC2)cc1O. The minimum atomic E-state index is -1.23. The van der Waals surface area contributed by atoms with Crippen LogP contribution in [0.25, 0.3) is 0 Å². The maximum Gasteiger partial charge on any atom is 0.243 e. The molecule has 200 valence electrons. The average Bonchev–Trinajstić information content (AvgIpc) is 3.29. The van der Waals surface area contributed by atoms with Crippen LogP contribution >= 0.6 is 0 Å². The summed E-state index contributed by atoms with van der Waals surface area (Å²) in [5.41, 5.74) is -0.673. The lowest BCUT2D eigenvalue weighted by atomic mass is 9.98. The van der Waals surface area contributed by atoms with Crippen LogP contribution < -0.4 is 20.7 Å². The highest BCUT2D eigenvalue weighted by Gasteiger charge is 2.29. The van der Waals surface area contributed by atoms with Crippen molar-refractivity contribution in [2.75, 3.05) is 7.11 Å². The molecule has 10 heteroatoms. The van der Waals surface area contributed by atoms with Gasteiger partial charge in [-0.2, -0.15) is 0 Å². The third-order valence-electron chi connectivity index (χ3n) is 6.23. The summed E-state index contributed by atoms with van der Waals surface area (Å²) in [5, 5.41) is 27.8. The van der Waals surface area contributed by atoms with Gasteiger partial charge in [0.2, 0.25) is 17.7 Å². The highest BCUT2D eigenvalue weighted by molar-refractivity contribution is 5.92. The normalized spacial score (nSPS) is 16.5. The van der Waals surface area contributed by atoms with Crippen molar-refractivity contribution in [1.29, 1.82) is 0 Å². The van der Waals surface area contributed by atoms with Gasteiger partial charge in [-0.05, 0) is 50.8 Å². The van der Waals surface area contributed by atoms with Gasteiger partial charge in [-0.25, -0.2) is 0 Å². The predicted molar refractivity (Wildman–Crippen MR) is 133 cm³/mol. The Hall–Kier alpha value is -3.14. The quantitative estimate of drug-likeness (QED) is 0.254. The molecule has 3 amide bonds. The second-order valence-corrected chi connectivity index (χ2v) is 10.2. The fourth-order valence-electron chi connectivity index (χ4n) is 4.39. The van der Waals surface area contributed by atoms with Crippen molar-refractivity contribution in [2.45, 2.75) is 89.4 Å². The molecular weight excluding hydrogens is 466 g/mol. The zero-order chi connectivity index (χ0) is 26.9. The molecule has 10 nitrogen and oxygen atoms in total. The fourth-order valence-corrected chi connectivity index (χ4v) is 4.39. The van der Waals surface area contributed by atoms with Crippen molar-refractivity contribution in [3.05, 3.63) is 23.8 Å². The summed E-state index contributed by atoms with van der Waals surface area (Å²) >= 11 is 0. The number of aromatic hydroxyl groups is 1. The Morgan fingerprint density at radius 3 is 2.36 bits per heavy atom. The number of ether oxygens (including phenoxy) is 1. The number of hydrogen-bond acceptors (Lipinski definition) is 7. The number of carbonyl (C=O) groups is 4. The molecule has 1 saturated carbocycles. The van der Waals surface area contributed by atoms with E-state index in [9.17, 15) is 29.4 Å². The van der Waals surface area contributed by atoms with E-state index in [2.05, 4.69) is 16.0 Å². The fraction of sp³-hybridized carbons (Fsp3) is 0.615. The third-order valence-corrected chi connectivity index (χ3v) is 6.23. The molecular formula is C26H39N3O7. The summed E-state index contributed by atoms with van der Waals surface area (Å²) in [4.78, 5) is 49.8. The summed E-state index contributed by atoms with van der Waals surface area (Å²) in [7, 11) is 1.42. The van der Waals surface area contributed by atoms with E-state index in [-0.39, 0.29) is 24.3 Å². The zero-order valence-corrected chi connectivity index (χ0v) is 21.5. The lowest BCUT2D eigenvalue weighted by molar-refractivity contribution is -0.133. The van der Waals surface area contributed by atoms with E-state index < -0.39 is 41.4 Å². The van der Waals surface area contributed by atoms with Gasteiger partial charge in [0.1, 0.15) is 18.4 Å². The maximum absolute atomic E-state index is 13.2. The molecule has 0 bridgehead atoms. The van der Waals surface area contributed by atoms with Crippen LogP contribution in [-0.2, 0) is 25.6 Å². The average molecular weight is 506 g/mol. The predicted octanol–water partition coefficient (Wildman–Crippen LogP) is 1.36. The Morgan fingerprint density at radius 2 is 1.81 bits per heavy atom. The Kier molecular flexibility index (Phi) is 10.7. The topological polar surface area (TPSA) is 154 Å². The number of carbonyl (C=O) groups excluding carboxylic acids is 4. The summed E-state index contributed by atoms with van der Waals surface area (Å²) in [6, 6.07) is 1.94. The third kappa shape index (κ3) is 9.49. The molecule has 0 aromatic heterocycles. The van der Waals surface area contributed by atoms with Crippen LogP contribution in [0.5, 0.6) is 11.5 Å². The van der Waals surface area contributed by atoms with E-state index in [0.29, 0.717) is 24.2 Å². The molecule has 2 rings (SSSR count).